The van der Waals surface area contributed by atoms with Gasteiger partial charge >= 0.3 is 5.97 Å². The van der Waals surface area contributed by atoms with Crippen molar-refractivity contribution in [1.82, 2.24) is 0 Å². The van der Waals surface area contributed by atoms with Crippen LogP contribution in [-0.2, 0) is 11.2 Å². The van der Waals surface area contributed by atoms with Crippen molar-refractivity contribution in [2.45, 2.75) is 18.9 Å². The van der Waals surface area contributed by atoms with Gasteiger partial charge in [0.1, 0.15) is 5.82 Å². The lowest BCUT2D eigenvalue weighted by atomic mass is 10.0. The molecule has 1 aromatic carbocycles. The number of hydrogen-bond donors (Lipinski definition) is 1. The zero-order valence-corrected chi connectivity index (χ0v) is 8.42. The topological polar surface area (TPSA) is 52.3 Å². The van der Waals surface area contributed by atoms with Crippen LogP contribution < -0.4 is 5.73 Å². The van der Waals surface area contributed by atoms with Crippen LogP contribution in [0.15, 0.2) is 12.1 Å². The summed E-state index contributed by atoms with van der Waals surface area (Å²) >= 11 is 0. The van der Waals surface area contributed by atoms with Crippen LogP contribution in [-0.4, -0.2) is 13.1 Å². The van der Waals surface area contributed by atoms with Crippen molar-refractivity contribution in [3.63, 3.8) is 0 Å². The largest absolute Gasteiger partial charge is 0.465 e. The van der Waals surface area contributed by atoms with Crippen molar-refractivity contribution in [2.24, 2.45) is 5.73 Å². The Morgan fingerprint density at radius 1 is 1.60 bits per heavy atom. The monoisotopic (exact) mass is 209 g/mol. The van der Waals surface area contributed by atoms with E-state index in [1.54, 1.807) is 0 Å². The van der Waals surface area contributed by atoms with Crippen molar-refractivity contribution in [2.75, 3.05) is 7.11 Å². The molecule has 0 amide bonds. The van der Waals surface area contributed by atoms with Crippen LogP contribution in [0.4, 0.5) is 4.39 Å². The van der Waals surface area contributed by atoms with Gasteiger partial charge in [-0.3, -0.25) is 0 Å². The molecule has 2 N–H and O–H groups in total. The number of carbonyl (C=O) groups is 1. The van der Waals surface area contributed by atoms with Crippen molar-refractivity contribution >= 4 is 5.97 Å². The number of ether oxygens (including phenoxy) is 1. The number of nitrogens with two attached hydrogens (primary N) is 1. The molecule has 1 atom stereocenters. The fraction of sp³-hybridized carbons (Fsp3) is 0.364. The van der Waals surface area contributed by atoms with Gasteiger partial charge in [-0.25, -0.2) is 9.18 Å². The van der Waals surface area contributed by atoms with Gasteiger partial charge in [0.25, 0.3) is 0 Å². The number of carbonyl (C=O) groups excluding carboxylic acids is 1. The summed E-state index contributed by atoms with van der Waals surface area (Å²) in [4.78, 5) is 11.4. The first-order valence-electron chi connectivity index (χ1n) is 4.79. The minimum Gasteiger partial charge on any atom is -0.465 e. The predicted octanol–water partition coefficient (Wildman–Crippen LogP) is 1.56. The normalized spacial score (nSPS) is 18.7. The quantitative estimate of drug-likeness (QED) is 0.714. The molecular weight excluding hydrogens is 197 g/mol. The molecule has 0 aliphatic heterocycles. The Kier molecular flexibility index (Phi) is 2.44. The highest BCUT2D eigenvalue weighted by Crippen LogP contribution is 2.32. The van der Waals surface area contributed by atoms with E-state index in [9.17, 15) is 9.18 Å². The molecule has 80 valence electrons. The number of hydrogen-bond acceptors (Lipinski definition) is 3. The Balaban J connectivity index is 2.56. The molecule has 4 heteroatoms. The van der Waals surface area contributed by atoms with Crippen molar-refractivity contribution in [3.8, 4) is 0 Å². The lowest BCUT2D eigenvalue weighted by Crippen LogP contribution is -2.09. The fourth-order valence-corrected chi connectivity index (χ4v) is 2.02. The standard InChI is InChI=1S/C11H12FNO2/c1-15-11(14)9-5-6(12)4-8-7(9)2-3-10(8)13/h4-5,10H,2-3,13H2,1H3/t10-/m0/s1. The summed E-state index contributed by atoms with van der Waals surface area (Å²) in [6.45, 7) is 0. The summed E-state index contributed by atoms with van der Waals surface area (Å²) in [5.41, 5.74) is 7.67. The number of halogens is 1. The van der Waals surface area contributed by atoms with Crippen molar-refractivity contribution in [1.29, 1.82) is 0 Å². The third-order valence-electron chi connectivity index (χ3n) is 2.76. The van der Waals surface area contributed by atoms with Gasteiger partial charge in [-0.2, -0.15) is 0 Å². The smallest absolute Gasteiger partial charge is 0.338 e. The molecule has 1 aliphatic carbocycles. The summed E-state index contributed by atoms with van der Waals surface area (Å²) in [5, 5.41) is 0. The van der Waals surface area contributed by atoms with E-state index in [1.165, 1.54) is 19.2 Å². The highest BCUT2D eigenvalue weighted by atomic mass is 19.1. The van der Waals surface area contributed by atoms with E-state index in [4.69, 9.17) is 5.73 Å². The molecule has 3 nitrogen and oxygen atoms in total. The number of esters is 1. The molecule has 0 unspecified atom stereocenters. The first-order chi connectivity index (χ1) is 7.13. The van der Waals surface area contributed by atoms with Crippen LogP contribution in [0.2, 0.25) is 0 Å². The first-order valence-corrected chi connectivity index (χ1v) is 4.79. The molecule has 15 heavy (non-hydrogen) atoms. The number of fused-ring (bicyclic) bond motifs is 1. The highest BCUT2D eigenvalue weighted by Gasteiger charge is 2.25. The molecular formula is C11H12FNO2. The molecule has 1 aliphatic rings. The molecule has 0 saturated carbocycles. The summed E-state index contributed by atoms with van der Waals surface area (Å²) in [6.07, 6.45) is 1.46. The van der Waals surface area contributed by atoms with Gasteiger partial charge in [-0.05, 0) is 36.1 Å². The van der Waals surface area contributed by atoms with E-state index in [-0.39, 0.29) is 6.04 Å². The maximum Gasteiger partial charge on any atom is 0.338 e. The lowest BCUT2D eigenvalue weighted by Gasteiger charge is -2.08. The molecule has 0 aromatic heterocycles. The average Bonchev–Trinajstić information content (AvgIpc) is 2.58. The van der Waals surface area contributed by atoms with E-state index < -0.39 is 11.8 Å². The minimum absolute atomic E-state index is 0.167. The van der Waals surface area contributed by atoms with Crippen LogP contribution >= 0.6 is 0 Å². The van der Waals surface area contributed by atoms with Crippen LogP contribution in [0.1, 0.15) is 33.9 Å². The third kappa shape index (κ3) is 1.61. The maximum absolute atomic E-state index is 13.2. The molecule has 0 saturated heterocycles. The summed E-state index contributed by atoms with van der Waals surface area (Å²) in [7, 11) is 1.29. The van der Waals surface area contributed by atoms with Gasteiger partial charge in [0.15, 0.2) is 0 Å². The summed E-state index contributed by atoms with van der Waals surface area (Å²) in [5.74, 6) is -0.939. The molecule has 0 spiro atoms. The number of rotatable bonds is 1. The first kappa shape index (κ1) is 10.1. The van der Waals surface area contributed by atoms with Crippen LogP contribution in [0, 0.1) is 5.82 Å². The van der Waals surface area contributed by atoms with Crippen LogP contribution in [0.25, 0.3) is 0 Å². The molecule has 0 fully saturated rings. The molecule has 0 radical (unpaired) electrons. The fourth-order valence-electron chi connectivity index (χ4n) is 2.02. The second-order valence-electron chi connectivity index (χ2n) is 3.66. The highest BCUT2D eigenvalue weighted by molar-refractivity contribution is 5.91. The van der Waals surface area contributed by atoms with Gasteiger partial charge in [0.05, 0.1) is 12.7 Å². The third-order valence-corrected chi connectivity index (χ3v) is 2.76. The van der Waals surface area contributed by atoms with Gasteiger partial charge < -0.3 is 10.5 Å². The summed E-state index contributed by atoms with van der Waals surface area (Å²) < 4.78 is 17.8. The van der Waals surface area contributed by atoms with Crippen molar-refractivity contribution in [3.05, 3.63) is 34.6 Å². The van der Waals surface area contributed by atoms with E-state index >= 15 is 0 Å². The molecule has 2 rings (SSSR count). The predicted molar refractivity (Wildman–Crippen MR) is 53.0 cm³/mol. The van der Waals surface area contributed by atoms with E-state index in [2.05, 4.69) is 4.74 Å². The summed E-state index contributed by atoms with van der Waals surface area (Å²) in [6, 6.07) is 2.45. The minimum atomic E-state index is -0.500. The Hall–Kier alpha value is -1.42. The Morgan fingerprint density at radius 2 is 2.33 bits per heavy atom. The van der Waals surface area contributed by atoms with E-state index in [0.717, 1.165) is 17.5 Å². The van der Waals surface area contributed by atoms with Crippen LogP contribution in [0.3, 0.4) is 0 Å². The van der Waals surface area contributed by atoms with Gasteiger partial charge in [0.2, 0.25) is 0 Å². The average molecular weight is 209 g/mol. The SMILES string of the molecule is COC(=O)c1cc(F)cc2c1CC[C@@H]2N. The van der Waals surface area contributed by atoms with E-state index in [1.807, 2.05) is 0 Å². The second kappa shape index (κ2) is 3.62. The lowest BCUT2D eigenvalue weighted by molar-refractivity contribution is 0.0599. The Bertz CT molecular complexity index is 417. The Morgan fingerprint density at radius 3 is 3.00 bits per heavy atom. The molecule has 1 aromatic rings. The maximum atomic E-state index is 13.2. The molecule has 0 bridgehead atoms. The second-order valence-corrected chi connectivity index (χ2v) is 3.66. The Labute approximate surface area is 87.0 Å². The van der Waals surface area contributed by atoms with Gasteiger partial charge in [-0.15, -0.1) is 0 Å². The van der Waals surface area contributed by atoms with Crippen molar-refractivity contribution < 1.29 is 13.9 Å². The van der Waals surface area contributed by atoms with E-state index in [0.29, 0.717) is 12.0 Å². The number of benzene rings is 1. The van der Waals surface area contributed by atoms with Crippen LogP contribution in [0.5, 0.6) is 0 Å². The number of methoxy groups -OCH3 is 1. The zero-order chi connectivity index (χ0) is 11.0. The zero-order valence-electron chi connectivity index (χ0n) is 8.42. The van der Waals surface area contributed by atoms with Gasteiger partial charge in [0, 0.05) is 6.04 Å². The molecule has 0 heterocycles. The van der Waals surface area contributed by atoms with Gasteiger partial charge in [-0.1, -0.05) is 0 Å².